The van der Waals surface area contributed by atoms with E-state index >= 15 is 0 Å². The Labute approximate surface area is 115 Å². The molecule has 1 amide bonds. The van der Waals surface area contributed by atoms with E-state index in [9.17, 15) is 4.79 Å². The molecule has 2 rings (SSSR count). The Morgan fingerprint density at radius 2 is 2.33 bits per heavy atom. The predicted octanol–water partition coefficient (Wildman–Crippen LogP) is 2.02. The quantitative estimate of drug-likeness (QED) is 0.821. The average Bonchev–Trinajstić information content (AvgIpc) is 2.40. The van der Waals surface area contributed by atoms with Gasteiger partial charge in [0.15, 0.2) is 0 Å². The van der Waals surface area contributed by atoms with Gasteiger partial charge in [0.2, 0.25) is 5.91 Å². The summed E-state index contributed by atoms with van der Waals surface area (Å²) < 4.78 is 0. The van der Waals surface area contributed by atoms with Crippen molar-refractivity contribution in [1.82, 2.24) is 10.6 Å². The summed E-state index contributed by atoms with van der Waals surface area (Å²) in [5, 5.41) is 6.64. The van der Waals surface area contributed by atoms with Crippen molar-refractivity contribution >= 4 is 17.7 Å². The maximum Gasteiger partial charge on any atom is 0.220 e. The molecular weight excluding hydrogens is 244 g/mol. The maximum atomic E-state index is 12.0. The molecule has 4 heteroatoms. The first-order valence-corrected chi connectivity index (χ1v) is 8.49. The Bertz CT molecular complexity index is 261. The summed E-state index contributed by atoms with van der Waals surface area (Å²) in [6.45, 7) is 4.47. The van der Waals surface area contributed by atoms with Crippen LogP contribution in [0.25, 0.3) is 0 Å². The average molecular weight is 270 g/mol. The fourth-order valence-electron chi connectivity index (χ4n) is 2.96. The molecule has 2 heterocycles. The Kier molecular flexibility index (Phi) is 5.83. The third-order valence-electron chi connectivity index (χ3n) is 4.17. The molecule has 18 heavy (non-hydrogen) atoms. The van der Waals surface area contributed by atoms with Crippen LogP contribution in [-0.2, 0) is 4.79 Å². The summed E-state index contributed by atoms with van der Waals surface area (Å²) >= 11 is 1.97. The Hall–Kier alpha value is -0.220. The van der Waals surface area contributed by atoms with Crippen LogP contribution < -0.4 is 10.6 Å². The molecule has 3 nitrogen and oxygen atoms in total. The number of rotatable bonds is 4. The van der Waals surface area contributed by atoms with E-state index in [-0.39, 0.29) is 5.91 Å². The monoisotopic (exact) mass is 270 g/mol. The van der Waals surface area contributed by atoms with Gasteiger partial charge >= 0.3 is 0 Å². The van der Waals surface area contributed by atoms with Gasteiger partial charge in [0.05, 0.1) is 0 Å². The minimum Gasteiger partial charge on any atom is -0.353 e. The van der Waals surface area contributed by atoms with Crippen LogP contribution in [0.4, 0.5) is 0 Å². The van der Waals surface area contributed by atoms with E-state index in [4.69, 9.17) is 0 Å². The lowest BCUT2D eigenvalue weighted by Crippen LogP contribution is -2.40. The van der Waals surface area contributed by atoms with Crippen LogP contribution in [-0.4, -0.2) is 36.5 Å². The molecule has 0 saturated carbocycles. The lowest BCUT2D eigenvalue weighted by atomic mass is 9.85. The van der Waals surface area contributed by atoms with Crippen molar-refractivity contribution in [2.45, 2.75) is 45.1 Å². The van der Waals surface area contributed by atoms with Crippen LogP contribution in [0.2, 0.25) is 0 Å². The van der Waals surface area contributed by atoms with E-state index in [2.05, 4.69) is 17.6 Å². The number of hydrogen-bond donors (Lipinski definition) is 2. The summed E-state index contributed by atoms with van der Waals surface area (Å²) in [6.07, 6.45) is 5.65. The van der Waals surface area contributed by atoms with E-state index in [1.807, 2.05) is 11.8 Å². The van der Waals surface area contributed by atoms with Gasteiger partial charge in [0, 0.05) is 18.2 Å². The van der Waals surface area contributed by atoms with Crippen LogP contribution in [0.5, 0.6) is 0 Å². The van der Waals surface area contributed by atoms with Crippen LogP contribution >= 0.6 is 11.8 Å². The third kappa shape index (κ3) is 4.47. The van der Waals surface area contributed by atoms with E-state index in [1.54, 1.807) is 0 Å². The molecule has 0 spiro atoms. The van der Waals surface area contributed by atoms with Gasteiger partial charge < -0.3 is 10.6 Å². The minimum atomic E-state index is 0.264. The standard InChI is InChI=1S/C14H26N2OS/c1-11(12-4-2-6-15-9-12)8-14(17)16-13-5-3-7-18-10-13/h11-13,15H,2-10H2,1H3,(H,16,17). The topological polar surface area (TPSA) is 41.1 Å². The first-order valence-electron chi connectivity index (χ1n) is 7.33. The Balaban J connectivity index is 1.68. The fraction of sp³-hybridized carbons (Fsp3) is 0.929. The van der Waals surface area contributed by atoms with Crippen molar-refractivity contribution < 1.29 is 4.79 Å². The second kappa shape index (κ2) is 7.39. The Morgan fingerprint density at radius 3 is 3.00 bits per heavy atom. The summed E-state index contributed by atoms with van der Waals surface area (Å²) in [6, 6.07) is 0.424. The number of nitrogens with one attached hydrogen (secondary N) is 2. The summed E-state index contributed by atoms with van der Waals surface area (Å²) in [5.41, 5.74) is 0. The second-order valence-electron chi connectivity index (χ2n) is 5.77. The molecule has 2 aliphatic heterocycles. The highest BCUT2D eigenvalue weighted by atomic mass is 32.2. The van der Waals surface area contributed by atoms with Crippen molar-refractivity contribution in [3.05, 3.63) is 0 Å². The highest BCUT2D eigenvalue weighted by Gasteiger charge is 2.23. The van der Waals surface area contributed by atoms with E-state index in [1.165, 1.54) is 25.0 Å². The van der Waals surface area contributed by atoms with Gasteiger partial charge in [-0.1, -0.05) is 6.92 Å². The van der Waals surface area contributed by atoms with Gasteiger partial charge in [-0.15, -0.1) is 0 Å². The summed E-state index contributed by atoms with van der Waals surface area (Å²) in [5.74, 6) is 3.82. The first kappa shape index (κ1) is 14.2. The van der Waals surface area contributed by atoms with Crippen molar-refractivity contribution in [2.24, 2.45) is 11.8 Å². The summed E-state index contributed by atoms with van der Waals surface area (Å²) in [4.78, 5) is 12.0. The van der Waals surface area contributed by atoms with E-state index < -0.39 is 0 Å². The van der Waals surface area contributed by atoms with E-state index in [0.29, 0.717) is 24.3 Å². The smallest absolute Gasteiger partial charge is 0.220 e. The number of carbonyl (C=O) groups excluding carboxylic acids is 1. The molecule has 2 fully saturated rings. The second-order valence-corrected chi connectivity index (χ2v) is 6.92. The highest BCUT2D eigenvalue weighted by Crippen LogP contribution is 2.23. The van der Waals surface area contributed by atoms with E-state index in [0.717, 1.165) is 25.3 Å². The molecule has 0 aromatic heterocycles. The number of carbonyl (C=O) groups is 1. The fourth-order valence-corrected chi connectivity index (χ4v) is 4.04. The van der Waals surface area contributed by atoms with Crippen molar-refractivity contribution in [2.75, 3.05) is 24.6 Å². The zero-order valence-corrected chi connectivity index (χ0v) is 12.2. The van der Waals surface area contributed by atoms with Crippen LogP contribution in [0.3, 0.4) is 0 Å². The van der Waals surface area contributed by atoms with Crippen LogP contribution in [0.1, 0.15) is 39.0 Å². The van der Waals surface area contributed by atoms with Crippen molar-refractivity contribution in [3.8, 4) is 0 Å². The molecule has 2 N–H and O–H groups in total. The summed E-state index contributed by atoms with van der Waals surface area (Å²) in [7, 11) is 0. The van der Waals surface area contributed by atoms with Gasteiger partial charge in [-0.05, 0) is 56.4 Å². The molecule has 0 bridgehead atoms. The van der Waals surface area contributed by atoms with Gasteiger partial charge in [-0.3, -0.25) is 4.79 Å². The molecule has 3 atom stereocenters. The first-order chi connectivity index (χ1) is 8.75. The SMILES string of the molecule is CC(CC(=O)NC1CCCSC1)C1CCCNC1. The third-order valence-corrected chi connectivity index (χ3v) is 5.39. The molecule has 2 aliphatic rings. The molecule has 0 aromatic rings. The molecule has 0 aromatic carbocycles. The van der Waals surface area contributed by atoms with Gasteiger partial charge in [-0.2, -0.15) is 11.8 Å². The van der Waals surface area contributed by atoms with Crippen LogP contribution in [0, 0.1) is 11.8 Å². The largest absolute Gasteiger partial charge is 0.353 e. The number of thioether (sulfide) groups is 1. The molecule has 3 unspecified atom stereocenters. The molecule has 0 radical (unpaired) electrons. The molecule has 2 saturated heterocycles. The zero-order valence-electron chi connectivity index (χ0n) is 11.4. The van der Waals surface area contributed by atoms with Crippen LogP contribution in [0.15, 0.2) is 0 Å². The van der Waals surface area contributed by atoms with Gasteiger partial charge in [-0.25, -0.2) is 0 Å². The van der Waals surface area contributed by atoms with Crippen molar-refractivity contribution in [3.63, 3.8) is 0 Å². The van der Waals surface area contributed by atoms with Gasteiger partial charge in [0.25, 0.3) is 0 Å². The molecule has 104 valence electrons. The van der Waals surface area contributed by atoms with Gasteiger partial charge in [0.1, 0.15) is 0 Å². The molecular formula is C14H26N2OS. The normalized spacial score (nSPS) is 30.7. The lowest BCUT2D eigenvalue weighted by molar-refractivity contribution is -0.122. The maximum absolute atomic E-state index is 12.0. The number of amides is 1. The minimum absolute atomic E-state index is 0.264. The lowest BCUT2D eigenvalue weighted by Gasteiger charge is -2.29. The number of hydrogen-bond acceptors (Lipinski definition) is 3. The highest BCUT2D eigenvalue weighted by molar-refractivity contribution is 7.99. The number of piperidine rings is 1. The predicted molar refractivity (Wildman–Crippen MR) is 77.9 cm³/mol. The Morgan fingerprint density at radius 1 is 1.44 bits per heavy atom. The van der Waals surface area contributed by atoms with Crippen molar-refractivity contribution in [1.29, 1.82) is 0 Å². The molecule has 0 aliphatic carbocycles. The zero-order chi connectivity index (χ0) is 12.8.